The van der Waals surface area contributed by atoms with Gasteiger partial charge in [-0.2, -0.15) is 0 Å². The van der Waals surface area contributed by atoms with E-state index in [1.807, 2.05) is 36.1 Å². The molecule has 0 aliphatic heterocycles. The number of anilines is 2. The third-order valence-electron chi connectivity index (χ3n) is 4.63. The summed E-state index contributed by atoms with van der Waals surface area (Å²) >= 11 is 1.42. The molecule has 0 atom stereocenters. The Morgan fingerprint density at radius 1 is 1.03 bits per heavy atom. The van der Waals surface area contributed by atoms with E-state index >= 15 is 0 Å². The molecule has 0 fully saturated rings. The summed E-state index contributed by atoms with van der Waals surface area (Å²) in [6, 6.07) is 16.0. The molecule has 3 aromatic rings. The van der Waals surface area contributed by atoms with E-state index < -0.39 is 0 Å². The molecule has 30 heavy (non-hydrogen) atoms. The van der Waals surface area contributed by atoms with Gasteiger partial charge in [-0.15, -0.1) is 11.3 Å². The fourth-order valence-electron chi connectivity index (χ4n) is 3.05. The van der Waals surface area contributed by atoms with Gasteiger partial charge >= 0.3 is 0 Å². The van der Waals surface area contributed by atoms with Crippen molar-refractivity contribution in [2.45, 2.75) is 20.0 Å². The third-order valence-corrected chi connectivity index (χ3v) is 5.39. The number of carbonyl (C=O) groups is 1. The quantitative estimate of drug-likeness (QED) is 0.543. The van der Waals surface area contributed by atoms with Crippen molar-refractivity contribution in [3.8, 4) is 5.75 Å². The van der Waals surface area contributed by atoms with Gasteiger partial charge in [0.1, 0.15) is 11.4 Å². The first-order valence-electron chi connectivity index (χ1n) is 9.87. The van der Waals surface area contributed by atoms with Gasteiger partial charge in [-0.3, -0.25) is 4.79 Å². The SMILES string of the molecule is CCN(Cc1ccc(CN(C)C)cc1)C(=O)c1csc(Nc2ccc(OC)cc2)n1. The van der Waals surface area contributed by atoms with Gasteiger partial charge in [-0.25, -0.2) is 4.98 Å². The molecule has 0 aliphatic carbocycles. The molecule has 1 aromatic heterocycles. The number of nitrogens with zero attached hydrogens (tertiary/aromatic N) is 3. The van der Waals surface area contributed by atoms with Crippen molar-refractivity contribution in [1.82, 2.24) is 14.8 Å². The van der Waals surface area contributed by atoms with E-state index in [9.17, 15) is 4.79 Å². The van der Waals surface area contributed by atoms with Gasteiger partial charge in [-0.1, -0.05) is 24.3 Å². The fourth-order valence-corrected chi connectivity index (χ4v) is 3.76. The van der Waals surface area contributed by atoms with Crippen molar-refractivity contribution in [3.05, 3.63) is 70.7 Å². The Kier molecular flexibility index (Phi) is 7.43. The van der Waals surface area contributed by atoms with Crippen LogP contribution >= 0.6 is 11.3 Å². The molecule has 0 radical (unpaired) electrons. The van der Waals surface area contributed by atoms with E-state index in [0.717, 1.165) is 23.5 Å². The number of thiazole rings is 1. The molecule has 6 nitrogen and oxygen atoms in total. The number of benzene rings is 2. The van der Waals surface area contributed by atoms with E-state index in [1.54, 1.807) is 12.5 Å². The molecule has 0 saturated carbocycles. The van der Waals surface area contributed by atoms with E-state index in [0.29, 0.717) is 23.9 Å². The van der Waals surface area contributed by atoms with Gasteiger partial charge in [0, 0.05) is 30.7 Å². The van der Waals surface area contributed by atoms with Crippen molar-refractivity contribution < 1.29 is 9.53 Å². The van der Waals surface area contributed by atoms with Gasteiger partial charge in [0.05, 0.1) is 7.11 Å². The van der Waals surface area contributed by atoms with E-state index in [2.05, 4.69) is 53.6 Å². The summed E-state index contributed by atoms with van der Waals surface area (Å²) in [6.45, 7) is 4.08. The first-order chi connectivity index (χ1) is 14.5. The van der Waals surface area contributed by atoms with Crippen LogP contribution in [-0.2, 0) is 13.1 Å². The van der Waals surface area contributed by atoms with Crippen molar-refractivity contribution in [1.29, 1.82) is 0 Å². The molecule has 2 aromatic carbocycles. The fraction of sp³-hybridized carbons (Fsp3) is 0.304. The van der Waals surface area contributed by atoms with Crippen LogP contribution in [0.2, 0.25) is 0 Å². The largest absolute Gasteiger partial charge is 0.497 e. The maximum Gasteiger partial charge on any atom is 0.273 e. The lowest BCUT2D eigenvalue weighted by Gasteiger charge is -2.20. The molecule has 0 unspecified atom stereocenters. The minimum absolute atomic E-state index is 0.0612. The van der Waals surface area contributed by atoms with E-state index in [1.165, 1.54) is 16.9 Å². The van der Waals surface area contributed by atoms with Crippen LogP contribution in [0, 0.1) is 0 Å². The predicted octanol–water partition coefficient (Wildman–Crippen LogP) is 4.62. The minimum Gasteiger partial charge on any atom is -0.497 e. The maximum absolute atomic E-state index is 13.0. The number of rotatable bonds is 9. The van der Waals surface area contributed by atoms with Gasteiger partial charge in [0.15, 0.2) is 5.13 Å². The molecular formula is C23H28N4O2S. The van der Waals surface area contributed by atoms with Crippen LogP contribution in [0.3, 0.4) is 0 Å². The third kappa shape index (κ3) is 5.81. The smallest absolute Gasteiger partial charge is 0.273 e. The van der Waals surface area contributed by atoms with Gasteiger partial charge in [0.2, 0.25) is 0 Å². The summed E-state index contributed by atoms with van der Waals surface area (Å²) in [4.78, 5) is 21.4. The van der Waals surface area contributed by atoms with Crippen LogP contribution in [0.4, 0.5) is 10.8 Å². The second-order valence-corrected chi connectivity index (χ2v) is 8.12. The van der Waals surface area contributed by atoms with E-state index in [-0.39, 0.29) is 5.91 Å². The monoisotopic (exact) mass is 424 g/mol. The van der Waals surface area contributed by atoms with Gasteiger partial charge in [0.25, 0.3) is 5.91 Å². The molecule has 1 heterocycles. The van der Waals surface area contributed by atoms with Crippen LogP contribution < -0.4 is 10.1 Å². The highest BCUT2D eigenvalue weighted by Crippen LogP contribution is 2.24. The lowest BCUT2D eigenvalue weighted by molar-refractivity contribution is 0.0747. The highest BCUT2D eigenvalue weighted by Gasteiger charge is 2.18. The molecule has 7 heteroatoms. The number of hydrogen-bond acceptors (Lipinski definition) is 6. The minimum atomic E-state index is -0.0612. The maximum atomic E-state index is 13.0. The molecule has 0 aliphatic rings. The molecule has 0 spiro atoms. The summed E-state index contributed by atoms with van der Waals surface area (Å²) in [5.41, 5.74) is 3.72. The Labute approximate surface area is 182 Å². The molecule has 0 saturated heterocycles. The standard InChI is InChI=1S/C23H28N4O2S/c1-5-27(15-18-8-6-17(7-9-18)14-26(2)3)22(28)21-16-30-23(25-21)24-19-10-12-20(29-4)13-11-19/h6-13,16H,5,14-15H2,1-4H3,(H,24,25). The van der Waals surface area contributed by atoms with E-state index in [4.69, 9.17) is 4.74 Å². The summed E-state index contributed by atoms with van der Waals surface area (Å²) in [5.74, 6) is 0.734. The summed E-state index contributed by atoms with van der Waals surface area (Å²) in [6.07, 6.45) is 0. The Bertz CT molecular complexity index is 952. The average molecular weight is 425 g/mol. The lowest BCUT2D eigenvalue weighted by Crippen LogP contribution is -2.30. The molecule has 3 rings (SSSR count). The zero-order valence-electron chi connectivity index (χ0n) is 17.9. The summed E-state index contributed by atoms with van der Waals surface area (Å²) in [5, 5.41) is 5.73. The Balaban J connectivity index is 1.63. The number of hydrogen-bond donors (Lipinski definition) is 1. The topological polar surface area (TPSA) is 57.7 Å². The number of ether oxygens (including phenoxy) is 1. The number of amides is 1. The normalized spacial score (nSPS) is 10.8. The zero-order chi connectivity index (χ0) is 21.5. The average Bonchev–Trinajstić information content (AvgIpc) is 3.21. The summed E-state index contributed by atoms with van der Waals surface area (Å²) in [7, 11) is 5.74. The number of aromatic nitrogens is 1. The van der Waals surface area contributed by atoms with Crippen molar-refractivity contribution >= 4 is 28.1 Å². The van der Waals surface area contributed by atoms with Crippen LogP contribution in [-0.4, -0.2) is 48.4 Å². The Hall–Kier alpha value is -2.90. The second kappa shape index (κ2) is 10.2. The van der Waals surface area contributed by atoms with Crippen molar-refractivity contribution in [3.63, 3.8) is 0 Å². The lowest BCUT2D eigenvalue weighted by atomic mass is 10.1. The highest BCUT2D eigenvalue weighted by molar-refractivity contribution is 7.14. The Morgan fingerprint density at radius 2 is 1.67 bits per heavy atom. The molecular weight excluding hydrogens is 396 g/mol. The zero-order valence-corrected chi connectivity index (χ0v) is 18.7. The van der Waals surface area contributed by atoms with Crippen molar-refractivity contribution in [2.24, 2.45) is 0 Å². The van der Waals surface area contributed by atoms with Gasteiger partial charge < -0.3 is 19.9 Å². The molecule has 1 amide bonds. The summed E-state index contributed by atoms with van der Waals surface area (Å²) < 4.78 is 5.17. The van der Waals surface area contributed by atoms with Crippen LogP contribution in [0.15, 0.2) is 53.9 Å². The first kappa shape index (κ1) is 21.8. The van der Waals surface area contributed by atoms with Crippen molar-refractivity contribution in [2.75, 3.05) is 33.1 Å². The second-order valence-electron chi connectivity index (χ2n) is 7.27. The predicted molar refractivity (Wildman–Crippen MR) is 123 cm³/mol. The molecule has 158 valence electrons. The number of carbonyl (C=O) groups excluding carboxylic acids is 1. The number of methoxy groups -OCH3 is 1. The molecule has 0 bridgehead atoms. The molecule has 1 N–H and O–H groups in total. The van der Waals surface area contributed by atoms with Crippen LogP contribution in [0.25, 0.3) is 0 Å². The number of nitrogens with one attached hydrogen (secondary N) is 1. The first-order valence-corrected chi connectivity index (χ1v) is 10.7. The Morgan fingerprint density at radius 3 is 2.23 bits per heavy atom. The highest BCUT2D eigenvalue weighted by atomic mass is 32.1. The van der Waals surface area contributed by atoms with Crippen LogP contribution in [0.1, 0.15) is 28.5 Å². The van der Waals surface area contributed by atoms with Crippen LogP contribution in [0.5, 0.6) is 5.75 Å². The van der Waals surface area contributed by atoms with Gasteiger partial charge in [-0.05, 0) is 56.4 Å².